The minimum atomic E-state index is -0.142. The van der Waals surface area contributed by atoms with Gasteiger partial charge in [-0.15, -0.1) is 0 Å². The lowest BCUT2D eigenvalue weighted by atomic mass is 9.85. The number of aromatic nitrogens is 1. The Labute approximate surface area is 176 Å². The second kappa shape index (κ2) is 8.46. The Kier molecular flexibility index (Phi) is 5.76. The number of carbonyl (C=O) groups excluding carboxylic acids is 1. The minimum Gasteiger partial charge on any atom is -0.431 e. The van der Waals surface area contributed by atoms with E-state index in [1.165, 1.54) is 0 Å². The fourth-order valence-electron chi connectivity index (χ4n) is 4.02. The molecule has 2 aromatic carbocycles. The van der Waals surface area contributed by atoms with Gasteiger partial charge in [0.15, 0.2) is 5.76 Å². The molecule has 1 saturated carbocycles. The molecule has 2 unspecified atom stereocenters. The number of rotatable bonds is 5. The fraction of sp³-hybridized carbons (Fsp3) is 0.333. The van der Waals surface area contributed by atoms with E-state index in [2.05, 4.69) is 24.4 Å². The van der Waals surface area contributed by atoms with Crippen LogP contribution in [0, 0.1) is 0 Å². The summed E-state index contributed by atoms with van der Waals surface area (Å²) in [6.45, 7) is 3.80. The van der Waals surface area contributed by atoms with Crippen LogP contribution in [0.2, 0.25) is 0 Å². The normalized spacial score (nSPS) is 21.7. The average Bonchev–Trinajstić information content (AvgIpc) is 3.14. The van der Waals surface area contributed by atoms with E-state index in [1.807, 2.05) is 48.5 Å². The maximum Gasteiger partial charge on any atom is 0.257 e. The number of nitrogens with one attached hydrogen (secondary N) is 1. The molecule has 1 fully saturated rings. The molecule has 0 spiro atoms. The van der Waals surface area contributed by atoms with Crippen LogP contribution >= 0.6 is 11.8 Å². The summed E-state index contributed by atoms with van der Waals surface area (Å²) >= 11 is 1.65. The molecular weight excluding hydrogens is 380 g/mol. The molecule has 1 amide bonds. The van der Waals surface area contributed by atoms with Gasteiger partial charge in [-0.05, 0) is 19.8 Å². The highest BCUT2D eigenvalue weighted by molar-refractivity contribution is 8.00. The van der Waals surface area contributed by atoms with Crippen LogP contribution in [0.5, 0.6) is 0 Å². The first-order chi connectivity index (χ1) is 14.0. The zero-order valence-electron chi connectivity index (χ0n) is 16.9. The van der Waals surface area contributed by atoms with E-state index in [-0.39, 0.29) is 16.7 Å². The fourth-order valence-corrected chi connectivity index (χ4v) is 5.24. The second-order valence-corrected chi connectivity index (χ2v) is 9.29. The molecule has 1 aliphatic carbocycles. The predicted octanol–water partition coefficient (Wildman–Crippen LogP) is 5.94. The molecule has 29 heavy (non-hydrogen) atoms. The molecule has 150 valence electrons. The van der Waals surface area contributed by atoms with Crippen LogP contribution in [0.25, 0.3) is 22.6 Å². The number of amides is 1. The molecule has 0 bridgehead atoms. The number of thioether (sulfide) groups is 1. The van der Waals surface area contributed by atoms with Crippen molar-refractivity contribution >= 4 is 17.7 Å². The van der Waals surface area contributed by atoms with Crippen molar-refractivity contribution in [3.8, 4) is 22.6 Å². The van der Waals surface area contributed by atoms with Crippen LogP contribution < -0.4 is 5.32 Å². The van der Waals surface area contributed by atoms with Crippen molar-refractivity contribution in [2.75, 3.05) is 0 Å². The molecular formula is C24H26N2O2S. The topological polar surface area (TPSA) is 55.1 Å². The highest BCUT2D eigenvalue weighted by Crippen LogP contribution is 2.45. The van der Waals surface area contributed by atoms with Crippen molar-refractivity contribution in [2.45, 2.75) is 55.5 Å². The summed E-state index contributed by atoms with van der Waals surface area (Å²) in [5, 5.41) is 3.80. The third kappa shape index (κ3) is 4.40. The van der Waals surface area contributed by atoms with Gasteiger partial charge in [0.05, 0.1) is 0 Å². The van der Waals surface area contributed by atoms with Gasteiger partial charge in [-0.25, -0.2) is 4.98 Å². The number of hydrogen-bond acceptors (Lipinski definition) is 4. The Balaban J connectivity index is 1.71. The molecule has 0 radical (unpaired) electrons. The molecule has 2 atom stereocenters. The Bertz CT molecular complexity index is 914. The van der Waals surface area contributed by atoms with E-state index in [0.717, 1.165) is 48.3 Å². The first-order valence-corrected chi connectivity index (χ1v) is 10.9. The lowest BCUT2D eigenvalue weighted by Gasteiger charge is -2.40. The van der Waals surface area contributed by atoms with Gasteiger partial charge in [-0.2, -0.15) is 0 Å². The Hall–Kier alpha value is -2.53. The average molecular weight is 407 g/mol. The SMILES string of the molecule is CC(=O)NC1CCCCC1(C)Sc1nc(-c2ccccc2)c(-c2ccccc2)o1. The third-order valence-electron chi connectivity index (χ3n) is 5.54. The van der Waals surface area contributed by atoms with Gasteiger partial charge in [0, 0.05) is 28.8 Å². The molecule has 1 aliphatic rings. The van der Waals surface area contributed by atoms with E-state index in [9.17, 15) is 4.79 Å². The highest BCUT2D eigenvalue weighted by atomic mass is 32.2. The van der Waals surface area contributed by atoms with Gasteiger partial charge < -0.3 is 9.73 Å². The van der Waals surface area contributed by atoms with E-state index in [1.54, 1.807) is 18.7 Å². The van der Waals surface area contributed by atoms with Gasteiger partial charge in [0.1, 0.15) is 5.69 Å². The summed E-state index contributed by atoms with van der Waals surface area (Å²) in [6.07, 6.45) is 4.29. The summed E-state index contributed by atoms with van der Waals surface area (Å²) in [5.41, 5.74) is 2.90. The maximum absolute atomic E-state index is 11.7. The van der Waals surface area contributed by atoms with Crippen molar-refractivity contribution in [3.63, 3.8) is 0 Å². The first kappa shape index (κ1) is 19.8. The highest BCUT2D eigenvalue weighted by Gasteiger charge is 2.40. The van der Waals surface area contributed by atoms with Crippen LogP contribution in [0.15, 0.2) is 70.3 Å². The van der Waals surface area contributed by atoms with E-state index >= 15 is 0 Å². The Morgan fingerprint density at radius 1 is 1.07 bits per heavy atom. The lowest BCUT2D eigenvalue weighted by molar-refractivity contribution is -0.120. The molecule has 4 nitrogen and oxygen atoms in total. The standard InChI is InChI=1S/C24H26N2O2S/c1-17(27)25-20-15-9-10-16-24(20,2)29-23-26-21(18-11-5-3-6-12-18)22(28-23)19-13-7-4-8-14-19/h3-8,11-14,20H,9-10,15-16H2,1-2H3,(H,25,27). The van der Waals surface area contributed by atoms with Crippen molar-refractivity contribution in [3.05, 3.63) is 60.7 Å². The molecule has 1 heterocycles. The summed E-state index contributed by atoms with van der Waals surface area (Å²) < 4.78 is 6.17. The number of hydrogen-bond donors (Lipinski definition) is 1. The monoisotopic (exact) mass is 406 g/mol. The van der Waals surface area contributed by atoms with Crippen LogP contribution in [0.1, 0.15) is 39.5 Å². The van der Waals surface area contributed by atoms with Crippen molar-refractivity contribution < 1.29 is 9.21 Å². The van der Waals surface area contributed by atoms with Gasteiger partial charge in [-0.3, -0.25) is 4.79 Å². The zero-order chi connectivity index (χ0) is 20.3. The molecule has 4 rings (SSSR count). The quantitative estimate of drug-likeness (QED) is 0.570. The molecule has 1 N–H and O–H groups in total. The zero-order valence-corrected chi connectivity index (χ0v) is 17.7. The van der Waals surface area contributed by atoms with Gasteiger partial charge in [0.25, 0.3) is 5.22 Å². The molecule has 0 aliphatic heterocycles. The molecule has 1 aromatic heterocycles. The van der Waals surface area contributed by atoms with Gasteiger partial charge in [-0.1, -0.05) is 85.3 Å². The van der Waals surface area contributed by atoms with E-state index in [4.69, 9.17) is 9.40 Å². The first-order valence-electron chi connectivity index (χ1n) is 10.1. The molecule has 3 aromatic rings. The Morgan fingerprint density at radius 2 is 1.72 bits per heavy atom. The van der Waals surface area contributed by atoms with E-state index in [0.29, 0.717) is 5.22 Å². The number of benzene rings is 2. The number of nitrogens with zero attached hydrogens (tertiary/aromatic N) is 1. The minimum absolute atomic E-state index is 0.0195. The summed E-state index contributed by atoms with van der Waals surface area (Å²) in [4.78, 5) is 16.6. The summed E-state index contributed by atoms with van der Waals surface area (Å²) in [5.74, 6) is 0.806. The summed E-state index contributed by atoms with van der Waals surface area (Å²) in [7, 11) is 0. The van der Waals surface area contributed by atoms with E-state index < -0.39 is 0 Å². The van der Waals surface area contributed by atoms with Gasteiger partial charge >= 0.3 is 0 Å². The van der Waals surface area contributed by atoms with Crippen LogP contribution in [0.4, 0.5) is 0 Å². The largest absolute Gasteiger partial charge is 0.431 e. The van der Waals surface area contributed by atoms with Crippen LogP contribution in [-0.4, -0.2) is 21.7 Å². The Morgan fingerprint density at radius 3 is 2.38 bits per heavy atom. The number of oxazole rings is 1. The van der Waals surface area contributed by atoms with Crippen molar-refractivity contribution in [1.82, 2.24) is 10.3 Å². The lowest BCUT2D eigenvalue weighted by Crippen LogP contribution is -2.50. The number of carbonyl (C=O) groups is 1. The molecule has 5 heteroatoms. The smallest absolute Gasteiger partial charge is 0.257 e. The van der Waals surface area contributed by atoms with Crippen LogP contribution in [0.3, 0.4) is 0 Å². The van der Waals surface area contributed by atoms with Crippen molar-refractivity contribution in [2.24, 2.45) is 0 Å². The maximum atomic E-state index is 11.7. The summed E-state index contributed by atoms with van der Waals surface area (Å²) in [6, 6.07) is 20.4. The van der Waals surface area contributed by atoms with Crippen molar-refractivity contribution in [1.29, 1.82) is 0 Å². The predicted molar refractivity (Wildman–Crippen MR) is 118 cm³/mol. The molecule has 0 saturated heterocycles. The van der Waals surface area contributed by atoms with Crippen LogP contribution in [-0.2, 0) is 4.79 Å². The third-order valence-corrected chi connectivity index (χ3v) is 6.85. The second-order valence-electron chi connectivity index (χ2n) is 7.80. The van der Waals surface area contributed by atoms with Gasteiger partial charge in [0.2, 0.25) is 5.91 Å².